The van der Waals surface area contributed by atoms with E-state index in [1.165, 1.54) is 0 Å². The Morgan fingerprint density at radius 2 is 1.83 bits per heavy atom. The second kappa shape index (κ2) is 5.11. The van der Waals surface area contributed by atoms with Crippen LogP contribution in [0.2, 0.25) is 0 Å². The van der Waals surface area contributed by atoms with Crippen molar-refractivity contribution in [2.75, 3.05) is 0 Å². The molecule has 4 heteroatoms. The maximum absolute atomic E-state index is 12.4. The highest BCUT2D eigenvalue weighted by Gasteiger charge is 2.62. The average Bonchev–Trinajstić information content (AvgIpc) is 2.83. The van der Waals surface area contributed by atoms with E-state index in [9.17, 15) is 14.8 Å². The number of carbonyl (C=O) groups excluding carboxylic acids is 1. The molecule has 0 radical (unpaired) electrons. The molecule has 3 unspecified atom stereocenters. The van der Waals surface area contributed by atoms with Crippen LogP contribution in [-0.4, -0.2) is 23.0 Å². The summed E-state index contributed by atoms with van der Waals surface area (Å²) in [5.41, 5.74) is -0.0118. The minimum Gasteiger partial charge on any atom is -0.393 e. The first kappa shape index (κ1) is 15.7. The molecule has 4 rings (SSSR count). The zero-order valence-electron chi connectivity index (χ0n) is 14.3. The zero-order chi connectivity index (χ0) is 16.4. The summed E-state index contributed by atoms with van der Waals surface area (Å²) in [6.07, 6.45) is 7.00. The molecule has 0 aromatic rings. The van der Waals surface area contributed by atoms with Gasteiger partial charge < -0.3 is 5.11 Å². The van der Waals surface area contributed by atoms with E-state index in [0.29, 0.717) is 23.5 Å². The molecule has 4 aliphatic carbocycles. The molecular weight excluding hydrogens is 290 g/mol. The monoisotopic (exact) mass is 319 g/mol. The van der Waals surface area contributed by atoms with Crippen LogP contribution in [0.25, 0.3) is 0 Å². The molecule has 0 saturated heterocycles. The predicted molar refractivity (Wildman–Crippen MR) is 87.7 cm³/mol. The summed E-state index contributed by atoms with van der Waals surface area (Å²) < 4.78 is 0. The normalized spacial score (nSPS) is 55.7. The number of aliphatic hydroxyl groups is 1. The lowest BCUT2D eigenvalue weighted by Gasteiger charge is -2.61. The fraction of sp³-hybridized carbons (Fsp3) is 0.947. The Labute approximate surface area is 138 Å². The molecule has 23 heavy (non-hydrogen) atoms. The van der Waals surface area contributed by atoms with Gasteiger partial charge in [0.05, 0.1) is 12.1 Å². The molecule has 128 valence electrons. The van der Waals surface area contributed by atoms with Crippen LogP contribution in [0.3, 0.4) is 0 Å². The minimum absolute atomic E-state index is 0.110. The summed E-state index contributed by atoms with van der Waals surface area (Å²) in [6, 6.07) is -0.110. The van der Waals surface area contributed by atoms with E-state index < -0.39 is 0 Å². The Bertz CT molecular complexity index is 535. The minimum atomic E-state index is -0.330. The topological polar surface area (TPSA) is 66.7 Å². The molecule has 0 aromatic carbocycles. The van der Waals surface area contributed by atoms with Gasteiger partial charge in [0.1, 0.15) is 5.78 Å². The third kappa shape index (κ3) is 2.03. The molecule has 4 saturated carbocycles. The highest BCUT2D eigenvalue weighted by Crippen LogP contribution is 2.65. The number of fused-ring (bicyclic) bond motifs is 5. The SMILES string of the molecule is C[C@]12CCC(N=O)CC1C(O)C[C@@H]1[C@H]2CC[C@]2(C)C(=O)CC[C@@H]12. The van der Waals surface area contributed by atoms with Crippen LogP contribution < -0.4 is 0 Å². The first-order valence-electron chi connectivity index (χ1n) is 9.44. The van der Waals surface area contributed by atoms with Crippen molar-refractivity contribution in [1.82, 2.24) is 0 Å². The predicted octanol–water partition coefficient (Wildman–Crippen LogP) is 3.70. The van der Waals surface area contributed by atoms with E-state index in [2.05, 4.69) is 19.0 Å². The van der Waals surface area contributed by atoms with Crippen molar-refractivity contribution in [3.8, 4) is 0 Å². The fourth-order valence-electron chi connectivity index (χ4n) is 7.15. The van der Waals surface area contributed by atoms with Crippen LogP contribution in [0.4, 0.5) is 0 Å². The van der Waals surface area contributed by atoms with Crippen LogP contribution in [0, 0.1) is 39.4 Å². The maximum Gasteiger partial charge on any atom is 0.139 e. The summed E-state index contributed by atoms with van der Waals surface area (Å²) in [4.78, 5) is 23.4. The molecule has 0 spiro atoms. The van der Waals surface area contributed by atoms with E-state index in [0.717, 1.165) is 51.4 Å². The molecule has 0 bridgehead atoms. The van der Waals surface area contributed by atoms with Crippen LogP contribution >= 0.6 is 0 Å². The summed E-state index contributed by atoms with van der Waals surface area (Å²) in [5, 5.41) is 14.1. The third-order valence-electron chi connectivity index (χ3n) is 8.51. The standard InChI is InChI=1S/C19H29NO3/c1-18-7-5-11(20-23)9-15(18)16(21)10-12-13-3-4-17(22)19(13,2)8-6-14(12)18/h11-16,21H,3-10H2,1-2H3/t11?,12-,13-,14+,15?,16?,18+,19-/m0/s1. The van der Waals surface area contributed by atoms with Crippen LogP contribution in [-0.2, 0) is 4.79 Å². The van der Waals surface area contributed by atoms with Crippen molar-refractivity contribution in [2.24, 2.45) is 39.7 Å². The van der Waals surface area contributed by atoms with Crippen LogP contribution in [0.5, 0.6) is 0 Å². The van der Waals surface area contributed by atoms with Crippen molar-refractivity contribution in [3.05, 3.63) is 4.91 Å². The maximum atomic E-state index is 12.4. The average molecular weight is 319 g/mol. The van der Waals surface area contributed by atoms with Gasteiger partial charge in [-0.2, -0.15) is 4.91 Å². The van der Waals surface area contributed by atoms with E-state index in [1.54, 1.807) is 0 Å². The smallest absolute Gasteiger partial charge is 0.139 e. The van der Waals surface area contributed by atoms with E-state index in [1.807, 2.05) is 0 Å². The van der Waals surface area contributed by atoms with Gasteiger partial charge in [-0.05, 0) is 74.0 Å². The van der Waals surface area contributed by atoms with Gasteiger partial charge in [0.2, 0.25) is 0 Å². The number of Topliss-reactive ketones (excluding diaryl/α,β-unsaturated/α-hetero) is 1. The molecule has 0 aliphatic heterocycles. The number of carbonyl (C=O) groups is 1. The Kier molecular flexibility index (Phi) is 3.50. The molecule has 0 heterocycles. The molecule has 1 N–H and O–H groups in total. The van der Waals surface area contributed by atoms with Gasteiger partial charge in [-0.15, -0.1) is 0 Å². The summed E-state index contributed by atoms with van der Waals surface area (Å²) in [6.45, 7) is 4.52. The van der Waals surface area contributed by atoms with Crippen LogP contribution in [0.1, 0.15) is 65.2 Å². The van der Waals surface area contributed by atoms with Crippen molar-refractivity contribution < 1.29 is 9.90 Å². The van der Waals surface area contributed by atoms with Crippen molar-refractivity contribution in [2.45, 2.75) is 77.4 Å². The number of rotatable bonds is 1. The summed E-state index contributed by atoms with van der Waals surface area (Å²) >= 11 is 0. The van der Waals surface area contributed by atoms with Gasteiger partial charge in [-0.25, -0.2) is 0 Å². The van der Waals surface area contributed by atoms with Gasteiger partial charge >= 0.3 is 0 Å². The van der Waals surface area contributed by atoms with Gasteiger partial charge in [0.25, 0.3) is 0 Å². The van der Waals surface area contributed by atoms with Crippen molar-refractivity contribution in [1.29, 1.82) is 0 Å². The number of hydrogen-bond acceptors (Lipinski definition) is 4. The Hall–Kier alpha value is -0.770. The Morgan fingerprint density at radius 3 is 2.57 bits per heavy atom. The lowest BCUT2D eigenvalue weighted by molar-refractivity contribution is -0.161. The molecule has 8 atom stereocenters. The molecule has 0 amide bonds. The molecule has 4 fully saturated rings. The number of nitroso groups, excluding NO2 is 1. The molecular formula is C19H29NO3. The van der Waals surface area contributed by atoms with E-state index in [-0.39, 0.29) is 28.9 Å². The fourth-order valence-corrected chi connectivity index (χ4v) is 7.15. The number of hydrogen-bond donors (Lipinski definition) is 1. The Morgan fingerprint density at radius 1 is 1.04 bits per heavy atom. The molecule has 4 nitrogen and oxygen atoms in total. The second-order valence-electron chi connectivity index (χ2n) is 9.24. The largest absolute Gasteiger partial charge is 0.393 e. The third-order valence-corrected chi connectivity index (χ3v) is 8.51. The van der Waals surface area contributed by atoms with Gasteiger partial charge in [-0.1, -0.05) is 19.0 Å². The second-order valence-corrected chi connectivity index (χ2v) is 9.24. The highest BCUT2D eigenvalue weighted by molar-refractivity contribution is 5.87. The first-order chi connectivity index (χ1) is 10.9. The van der Waals surface area contributed by atoms with Gasteiger partial charge in [-0.3, -0.25) is 4.79 Å². The number of nitrogens with zero attached hydrogens (tertiary/aromatic N) is 1. The Balaban J connectivity index is 1.66. The van der Waals surface area contributed by atoms with Crippen molar-refractivity contribution >= 4 is 5.78 Å². The van der Waals surface area contributed by atoms with Crippen molar-refractivity contribution in [3.63, 3.8) is 0 Å². The quantitative estimate of drug-likeness (QED) is 0.749. The number of ketones is 1. The highest BCUT2D eigenvalue weighted by atomic mass is 16.3. The van der Waals surface area contributed by atoms with Gasteiger partial charge in [0, 0.05) is 11.8 Å². The van der Waals surface area contributed by atoms with E-state index in [4.69, 9.17) is 0 Å². The molecule has 4 aliphatic rings. The van der Waals surface area contributed by atoms with Crippen LogP contribution in [0.15, 0.2) is 5.18 Å². The first-order valence-corrected chi connectivity index (χ1v) is 9.44. The van der Waals surface area contributed by atoms with E-state index >= 15 is 0 Å². The number of aliphatic hydroxyl groups excluding tert-OH is 1. The summed E-state index contributed by atoms with van der Waals surface area (Å²) in [7, 11) is 0. The zero-order valence-corrected chi connectivity index (χ0v) is 14.3. The molecule has 0 aromatic heterocycles. The lowest BCUT2D eigenvalue weighted by Crippen LogP contribution is -2.58. The van der Waals surface area contributed by atoms with Gasteiger partial charge in [0.15, 0.2) is 0 Å². The summed E-state index contributed by atoms with van der Waals surface area (Å²) in [5.74, 6) is 2.21. The lowest BCUT2D eigenvalue weighted by atomic mass is 9.44.